The van der Waals surface area contributed by atoms with Gasteiger partial charge in [0, 0.05) is 12.8 Å². The molecule has 2 fully saturated rings. The van der Waals surface area contributed by atoms with E-state index in [-0.39, 0.29) is 0 Å². The van der Waals surface area contributed by atoms with Crippen molar-refractivity contribution < 1.29 is 4.79 Å². The molecule has 4 rings (SSSR count). The quantitative estimate of drug-likeness (QED) is 0.731. The van der Waals surface area contributed by atoms with E-state index < -0.39 is 0 Å². The number of hydrogen-bond acceptors (Lipinski definition) is 1. The van der Waals surface area contributed by atoms with Crippen molar-refractivity contribution in [1.82, 2.24) is 0 Å². The Morgan fingerprint density at radius 3 is 2.58 bits per heavy atom. The van der Waals surface area contributed by atoms with Gasteiger partial charge in [0.05, 0.1) is 0 Å². The minimum Gasteiger partial charge on any atom is -0.300 e. The second-order valence-corrected chi connectivity index (χ2v) is 6.88. The van der Waals surface area contributed by atoms with Gasteiger partial charge >= 0.3 is 0 Å². The number of rotatable bonds is 1. The lowest BCUT2D eigenvalue weighted by Gasteiger charge is -2.37. The molecule has 1 aromatic carbocycles. The van der Waals surface area contributed by atoms with Crippen LogP contribution in [-0.4, -0.2) is 5.78 Å². The van der Waals surface area contributed by atoms with Gasteiger partial charge in [-0.2, -0.15) is 0 Å². The predicted molar refractivity (Wildman–Crippen MR) is 76.6 cm³/mol. The maximum absolute atomic E-state index is 11.7. The van der Waals surface area contributed by atoms with E-state index in [1.165, 1.54) is 31.2 Å². The van der Waals surface area contributed by atoms with E-state index in [4.69, 9.17) is 0 Å². The molecule has 3 aliphatic carbocycles. The maximum Gasteiger partial charge on any atom is 0.133 e. The summed E-state index contributed by atoms with van der Waals surface area (Å²) in [6.45, 7) is 2.24. The number of hydrogen-bond donors (Lipinski definition) is 0. The molecule has 0 spiro atoms. The van der Waals surface area contributed by atoms with E-state index in [0.717, 1.165) is 25.2 Å². The zero-order chi connectivity index (χ0) is 13.0. The molecule has 0 bridgehead atoms. The fraction of sp³-hybridized carbons (Fsp3) is 0.611. The first kappa shape index (κ1) is 11.7. The molecule has 2 saturated carbocycles. The van der Waals surface area contributed by atoms with Crippen LogP contribution in [0, 0.1) is 12.8 Å². The third-order valence-corrected chi connectivity index (χ3v) is 5.44. The monoisotopic (exact) mass is 254 g/mol. The summed E-state index contributed by atoms with van der Waals surface area (Å²) >= 11 is 0. The van der Waals surface area contributed by atoms with E-state index in [2.05, 4.69) is 19.1 Å². The SMILES string of the molecule is Cc1cc(C2CC2)c2c(c1)C1CCC(=O)CC1CC2. The first-order valence-corrected chi connectivity index (χ1v) is 7.87. The first-order valence-electron chi connectivity index (χ1n) is 7.87. The Balaban J connectivity index is 1.78. The Bertz CT molecular complexity index is 539. The fourth-order valence-electron chi connectivity index (χ4n) is 4.38. The van der Waals surface area contributed by atoms with Crippen molar-refractivity contribution in [2.45, 2.75) is 63.7 Å². The Kier molecular flexibility index (Phi) is 2.58. The number of fused-ring (bicyclic) bond motifs is 3. The van der Waals surface area contributed by atoms with Crippen molar-refractivity contribution >= 4 is 5.78 Å². The maximum atomic E-state index is 11.7. The number of Topliss-reactive ketones (excluding diaryl/α,β-unsaturated/α-hetero) is 1. The molecule has 2 unspecified atom stereocenters. The van der Waals surface area contributed by atoms with Crippen molar-refractivity contribution in [1.29, 1.82) is 0 Å². The molecule has 3 aliphatic rings. The molecule has 0 radical (unpaired) electrons. The average Bonchev–Trinajstić information content (AvgIpc) is 3.21. The first-order chi connectivity index (χ1) is 9.22. The molecule has 0 heterocycles. The van der Waals surface area contributed by atoms with Gasteiger partial charge in [0.2, 0.25) is 0 Å². The molecule has 0 aromatic heterocycles. The Morgan fingerprint density at radius 2 is 1.79 bits per heavy atom. The molecule has 0 saturated heterocycles. The molecular formula is C18H22O. The van der Waals surface area contributed by atoms with Crippen molar-refractivity contribution in [2.24, 2.45) is 5.92 Å². The van der Waals surface area contributed by atoms with Gasteiger partial charge in [0.15, 0.2) is 0 Å². The van der Waals surface area contributed by atoms with Crippen LogP contribution in [0.1, 0.15) is 72.6 Å². The van der Waals surface area contributed by atoms with Crippen LogP contribution in [0.2, 0.25) is 0 Å². The second-order valence-electron chi connectivity index (χ2n) is 6.88. The summed E-state index contributed by atoms with van der Waals surface area (Å²) in [6, 6.07) is 4.86. The number of aryl methyl sites for hydroxylation is 1. The number of benzene rings is 1. The highest BCUT2D eigenvalue weighted by molar-refractivity contribution is 5.80. The predicted octanol–water partition coefficient (Wildman–Crippen LogP) is 4.27. The van der Waals surface area contributed by atoms with E-state index in [9.17, 15) is 4.79 Å². The third kappa shape index (κ3) is 1.94. The van der Waals surface area contributed by atoms with Crippen LogP contribution in [0.3, 0.4) is 0 Å². The third-order valence-electron chi connectivity index (χ3n) is 5.44. The van der Waals surface area contributed by atoms with Crippen LogP contribution in [0.15, 0.2) is 12.1 Å². The lowest BCUT2D eigenvalue weighted by atomic mass is 9.66. The van der Waals surface area contributed by atoms with Crippen LogP contribution < -0.4 is 0 Å². The lowest BCUT2D eigenvalue weighted by molar-refractivity contribution is -0.122. The molecule has 2 atom stereocenters. The van der Waals surface area contributed by atoms with Gasteiger partial charge in [0.1, 0.15) is 5.78 Å². The van der Waals surface area contributed by atoms with E-state index in [1.54, 1.807) is 16.7 Å². The molecule has 1 heteroatoms. The molecule has 100 valence electrons. The topological polar surface area (TPSA) is 17.1 Å². The highest BCUT2D eigenvalue weighted by Crippen LogP contribution is 2.49. The summed E-state index contributed by atoms with van der Waals surface area (Å²) in [7, 11) is 0. The van der Waals surface area contributed by atoms with Gasteiger partial charge in [-0.1, -0.05) is 17.7 Å². The Morgan fingerprint density at radius 1 is 1.00 bits per heavy atom. The summed E-state index contributed by atoms with van der Waals surface area (Å²) in [5, 5.41) is 0. The molecular weight excluding hydrogens is 232 g/mol. The van der Waals surface area contributed by atoms with Gasteiger partial charge in [-0.25, -0.2) is 0 Å². The van der Waals surface area contributed by atoms with Gasteiger partial charge in [-0.15, -0.1) is 0 Å². The zero-order valence-corrected chi connectivity index (χ0v) is 11.7. The van der Waals surface area contributed by atoms with Crippen molar-refractivity contribution in [3.63, 3.8) is 0 Å². The Labute approximate surface area is 115 Å². The summed E-state index contributed by atoms with van der Waals surface area (Å²) in [5.41, 5.74) is 6.37. The van der Waals surface area contributed by atoms with Gasteiger partial charge in [0.25, 0.3) is 0 Å². The minimum absolute atomic E-state index is 0.500. The summed E-state index contributed by atoms with van der Waals surface area (Å²) in [4.78, 5) is 11.7. The zero-order valence-electron chi connectivity index (χ0n) is 11.7. The van der Waals surface area contributed by atoms with Gasteiger partial charge < -0.3 is 0 Å². The fourth-order valence-corrected chi connectivity index (χ4v) is 4.38. The number of ketones is 1. The van der Waals surface area contributed by atoms with E-state index in [0.29, 0.717) is 17.6 Å². The second kappa shape index (κ2) is 4.19. The molecule has 0 N–H and O–H groups in total. The average molecular weight is 254 g/mol. The summed E-state index contributed by atoms with van der Waals surface area (Å²) in [5.74, 6) is 2.68. The molecule has 0 amide bonds. The standard InChI is InChI=1S/C18H22O/c1-11-8-17(12-2-3-12)16-6-4-13-10-14(19)5-7-15(13)18(16)9-11/h8-9,12-13,15H,2-7,10H2,1H3. The van der Waals surface area contributed by atoms with Gasteiger partial charge in [-0.05, 0) is 73.5 Å². The normalized spacial score (nSPS) is 29.8. The molecule has 0 aliphatic heterocycles. The summed E-state index contributed by atoms with van der Waals surface area (Å²) < 4.78 is 0. The number of carbonyl (C=O) groups is 1. The van der Waals surface area contributed by atoms with Crippen molar-refractivity contribution in [3.8, 4) is 0 Å². The summed E-state index contributed by atoms with van der Waals surface area (Å²) in [6.07, 6.45) is 8.00. The van der Waals surface area contributed by atoms with E-state index in [1.807, 2.05) is 0 Å². The Hall–Kier alpha value is -1.11. The van der Waals surface area contributed by atoms with Crippen LogP contribution >= 0.6 is 0 Å². The van der Waals surface area contributed by atoms with Crippen LogP contribution in [-0.2, 0) is 11.2 Å². The van der Waals surface area contributed by atoms with Crippen molar-refractivity contribution in [2.75, 3.05) is 0 Å². The van der Waals surface area contributed by atoms with Crippen molar-refractivity contribution in [3.05, 3.63) is 34.4 Å². The molecule has 19 heavy (non-hydrogen) atoms. The van der Waals surface area contributed by atoms with Gasteiger partial charge in [-0.3, -0.25) is 4.79 Å². The van der Waals surface area contributed by atoms with E-state index >= 15 is 0 Å². The molecule has 1 aromatic rings. The smallest absolute Gasteiger partial charge is 0.133 e. The lowest BCUT2D eigenvalue weighted by Crippen LogP contribution is -2.28. The van der Waals surface area contributed by atoms with Crippen LogP contribution in [0.25, 0.3) is 0 Å². The molecule has 1 nitrogen and oxygen atoms in total. The number of carbonyl (C=O) groups excluding carboxylic acids is 1. The highest BCUT2D eigenvalue weighted by Gasteiger charge is 2.37. The highest BCUT2D eigenvalue weighted by atomic mass is 16.1. The minimum atomic E-state index is 0.500. The van der Waals surface area contributed by atoms with Crippen LogP contribution in [0.4, 0.5) is 0 Å². The van der Waals surface area contributed by atoms with Crippen LogP contribution in [0.5, 0.6) is 0 Å². The largest absolute Gasteiger partial charge is 0.300 e.